The van der Waals surface area contributed by atoms with Crippen LogP contribution in [0.3, 0.4) is 0 Å². The number of rotatable bonds is 7. The number of hydrogen-bond acceptors (Lipinski definition) is 2. The number of ether oxygens (including phenoxy) is 1. The lowest BCUT2D eigenvalue weighted by molar-refractivity contribution is -0.0199. The summed E-state index contributed by atoms with van der Waals surface area (Å²) in [6, 6.07) is 11.0. The van der Waals surface area contributed by atoms with Crippen LogP contribution >= 0.6 is 22.6 Å². The van der Waals surface area contributed by atoms with Crippen LogP contribution in [0.2, 0.25) is 0 Å². The first-order valence-electron chi connectivity index (χ1n) is 9.18. The van der Waals surface area contributed by atoms with Crippen LogP contribution < -0.4 is 0 Å². The summed E-state index contributed by atoms with van der Waals surface area (Å²) in [5.74, 6) is 1.53. The maximum atomic E-state index is 6.56. The fourth-order valence-corrected chi connectivity index (χ4v) is 5.07. The molecule has 3 heteroatoms. The molecule has 2 nitrogen and oxygen atoms in total. The van der Waals surface area contributed by atoms with E-state index in [1.807, 2.05) is 0 Å². The molecule has 0 aromatic heterocycles. The highest BCUT2D eigenvalue weighted by molar-refractivity contribution is 14.1. The van der Waals surface area contributed by atoms with E-state index in [0.717, 1.165) is 24.9 Å². The quantitative estimate of drug-likeness (QED) is 0.455. The van der Waals surface area contributed by atoms with Gasteiger partial charge < -0.3 is 9.64 Å². The van der Waals surface area contributed by atoms with Crippen molar-refractivity contribution >= 4 is 22.6 Å². The number of piperidine rings is 1. The summed E-state index contributed by atoms with van der Waals surface area (Å²) in [4.78, 5) is 2.44. The van der Waals surface area contributed by atoms with Gasteiger partial charge in [-0.2, -0.15) is 0 Å². The highest BCUT2D eigenvalue weighted by Crippen LogP contribution is 2.52. The maximum Gasteiger partial charge on any atom is 0.0731 e. The van der Waals surface area contributed by atoms with Gasteiger partial charge in [0.15, 0.2) is 0 Å². The minimum Gasteiger partial charge on any atom is -0.376 e. The third kappa shape index (κ3) is 4.29. The third-order valence-corrected chi connectivity index (χ3v) is 7.49. The van der Waals surface area contributed by atoms with Gasteiger partial charge in [-0.1, -0.05) is 59.8 Å². The van der Waals surface area contributed by atoms with Crippen molar-refractivity contribution in [1.82, 2.24) is 4.90 Å². The second kappa shape index (κ2) is 7.83. The number of hydrogen-bond donors (Lipinski definition) is 0. The first-order chi connectivity index (χ1) is 11.1. The largest absolute Gasteiger partial charge is 0.376 e. The number of alkyl halides is 1. The first-order valence-corrected chi connectivity index (χ1v) is 10.3. The summed E-state index contributed by atoms with van der Waals surface area (Å²) in [6.07, 6.45) is 6.86. The minimum atomic E-state index is 0.165. The van der Waals surface area contributed by atoms with E-state index in [9.17, 15) is 0 Å². The maximum absolute atomic E-state index is 6.56. The Morgan fingerprint density at radius 2 is 1.83 bits per heavy atom. The molecule has 23 heavy (non-hydrogen) atoms. The van der Waals surface area contributed by atoms with Crippen LogP contribution in [0.25, 0.3) is 0 Å². The van der Waals surface area contributed by atoms with Gasteiger partial charge in [0, 0.05) is 0 Å². The molecule has 0 spiro atoms. The summed E-state index contributed by atoms with van der Waals surface area (Å²) >= 11 is 2.68. The zero-order valence-electron chi connectivity index (χ0n) is 14.5. The number of likely N-dealkylation sites (tertiary alicyclic amines) is 1. The number of benzene rings is 1. The summed E-state index contributed by atoms with van der Waals surface area (Å²) in [6.45, 7) is 5.60. The standard InChI is InChI=1S/C20H30INO/c1-3-19(16-11-13-22(2)14-12-16)23-15-20(21,18-9-10-18)17-7-5-4-6-8-17/h4-8,16,18-19H,3,9-15H2,1-2H3/t19-,20?/m1/s1. The fraction of sp³-hybridized carbons (Fsp3) is 0.700. The Kier molecular flexibility index (Phi) is 6.02. The molecule has 2 atom stereocenters. The third-order valence-electron chi connectivity index (χ3n) is 5.68. The van der Waals surface area contributed by atoms with Gasteiger partial charge in [0.1, 0.15) is 0 Å². The Bertz CT molecular complexity index is 482. The molecule has 0 radical (unpaired) electrons. The van der Waals surface area contributed by atoms with Crippen molar-refractivity contribution in [2.75, 3.05) is 26.7 Å². The van der Waals surface area contributed by atoms with E-state index >= 15 is 0 Å². The first kappa shape index (κ1) is 17.7. The van der Waals surface area contributed by atoms with Crippen molar-refractivity contribution in [1.29, 1.82) is 0 Å². The van der Waals surface area contributed by atoms with E-state index in [2.05, 4.69) is 71.8 Å². The Morgan fingerprint density at radius 3 is 2.39 bits per heavy atom. The number of halogens is 1. The van der Waals surface area contributed by atoms with Gasteiger partial charge in [-0.3, -0.25) is 0 Å². The zero-order valence-corrected chi connectivity index (χ0v) is 16.7. The van der Waals surface area contributed by atoms with Gasteiger partial charge in [0.05, 0.1) is 16.1 Å². The van der Waals surface area contributed by atoms with Crippen molar-refractivity contribution in [3.63, 3.8) is 0 Å². The van der Waals surface area contributed by atoms with Crippen molar-refractivity contribution in [2.24, 2.45) is 11.8 Å². The van der Waals surface area contributed by atoms with Gasteiger partial charge in [-0.25, -0.2) is 0 Å². The summed E-state index contributed by atoms with van der Waals surface area (Å²) in [5.41, 5.74) is 1.45. The fourth-order valence-electron chi connectivity index (χ4n) is 3.91. The Labute approximate surface area is 155 Å². The Balaban J connectivity index is 1.64. The lowest BCUT2D eigenvalue weighted by atomic mass is 9.89. The molecule has 2 aliphatic rings. The molecule has 0 bridgehead atoms. The predicted molar refractivity (Wildman–Crippen MR) is 105 cm³/mol. The molecular weight excluding hydrogens is 397 g/mol. The van der Waals surface area contributed by atoms with Gasteiger partial charge in [0.2, 0.25) is 0 Å². The normalized spacial score (nSPS) is 24.3. The Morgan fingerprint density at radius 1 is 1.17 bits per heavy atom. The van der Waals surface area contributed by atoms with Gasteiger partial charge in [-0.15, -0.1) is 0 Å². The molecule has 1 aliphatic carbocycles. The highest BCUT2D eigenvalue weighted by atomic mass is 127. The molecule has 1 unspecified atom stereocenters. The van der Waals surface area contributed by atoms with Crippen LogP contribution in [0.5, 0.6) is 0 Å². The molecule has 1 saturated heterocycles. The topological polar surface area (TPSA) is 12.5 Å². The van der Waals surface area contributed by atoms with Crippen LogP contribution in [-0.4, -0.2) is 37.7 Å². The average molecular weight is 427 g/mol. The zero-order chi connectivity index (χ0) is 16.3. The van der Waals surface area contributed by atoms with Crippen molar-refractivity contribution in [3.8, 4) is 0 Å². The van der Waals surface area contributed by atoms with Gasteiger partial charge in [0.25, 0.3) is 0 Å². The van der Waals surface area contributed by atoms with E-state index in [0.29, 0.717) is 6.10 Å². The van der Waals surface area contributed by atoms with Gasteiger partial charge >= 0.3 is 0 Å². The van der Waals surface area contributed by atoms with Crippen molar-refractivity contribution in [2.45, 2.75) is 48.6 Å². The lowest BCUT2D eigenvalue weighted by Crippen LogP contribution is -2.38. The van der Waals surface area contributed by atoms with Gasteiger partial charge in [-0.05, 0) is 69.6 Å². The molecule has 1 aromatic carbocycles. The number of nitrogens with zero attached hydrogens (tertiary/aromatic N) is 1. The monoisotopic (exact) mass is 427 g/mol. The predicted octanol–water partition coefficient (Wildman–Crippen LogP) is 4.86. The molecule has 2 fully saturated rings. The second-order valence-corrected chi connectivity index (χ2v) is 9.33. The molecular formula is C20H30INO. The summed E-state index contributed by atoms with van der Waals surface area (Å²) in [7, 11) is 2.23. The summed E-state index contributed by atoms with van der Waals surface area (Å²) < 4.78 is 6.73. The van der Waals surface area contributed by atoms with E-state index < -0.39 is 0 Å². The second-order valence-electron chi connectivity index (χ2n) is 7.40. The van der Waals surface area contributed by atoms with Crippen LogP contribution in [0, 0.1) is 11.8 Å². The molecule has 1 aliphatic heterocycles. The van der Waals surface area contributed by atoms with E-state index in [-0.39, 0.29) is 3.42 Å². The Hall–Kier alpha value is -0.130. The van der Waals surface area contributed by atoms with Crippen molar-refractivity contribution in [3.05, 3.63) is 35.9 Å². The molecule has 3 rings (SSSR count). The SMILES string of the molecule is CC[C@@H](OCC(I)(c1ccccc1)C1CC1)C1CCN(C)CC1. The van der Waals surface area contributed by atoms with E-state index in [1.165, 1.54) is 44.3 Å². The van der Waals surface area contributed by atoms with Crippen molar-refractivity contribution < 1.29 is 4.74 Å². The van der Waals surface area contributed by atoms with E-state index in [1.54, 1.807) is 0 Å². The van der Waals surface area contributed by atoms with Crippen LogP contribution in [0.1, 0.15) is 44.6 Å². The molecule has 0 N–H and O–H groups in total. The highest BCUT2D eigenvalue weighted by Gasteiger charge is 2.45. The molecule has 128 valence electrons. The minimum absolute atomic E-state index is 0.165. The smallest absolute Gasteiger partial charge is 0.0731 e. The molecule has 1 aromatic rings. The van der Waals surface area contributed by atoms with Crippen LogP contribution in [-0.2, 0) is 8.16 Å². The average Bonchev–Trinajstić information content (AvgIpc) is 3.43. The van der Waals surface area contributed by atoms with Crippen LogP contribution in [0.15, 0.2) is 30.3 Å². The molecule has 1 saturated carbocycles. The van der Waals surface area contributed by atoms with Crippen LogP contribution in [0.4, 0.5) is 0 Å². The summed E-state index contributed by atoms with van der Waals surface area (Å²) in [5, 5.41) is 0. The lowest BCUT2D eigenvalue weighted by Gasteiger charge is -2.36. The van der Waals surface area contributed by atoms with E-state index in [4.69, 9.17) is 4.74 Å². The molecule has 1 heterocycles. The molecule has 0 amide bonds.